The number of aliphatic hydroxyl groups is 1. The zero-order valence-corrected chi connectivity index (χ0v) is 16.8. The predicted octanol–water partition coefficient (Wildman–Crippen LogP) is 2.32. The van der Waals surface area contributed by atoms with Gasteiger partial charge >= 0.3 is 17.9 Å². The zero-order valence-electron chi connectivity index (χ0n) is 16.8. The number of rotatable bonds is 5. The molecule has 0 radical (unpaired) electrons. The Morgan fingerprint density at radius 2 is 2.14 bits per heavy atom. The van der Waals surface area contributed by atoms with Gasteiger partial charge in [-0.05, 0) is 31.6 Å². The minimum atomic E-state index is -0.770. The molecular weight excluding hydrogens is 364 g/mol. The van der Waals surface area contributed by atoms with Crippen molar-refractivity contribution < 1.29 is 33.7 Å². The summed E-state index contributed by atoms with van der Waals surface area (Å²) < 4.78 is 16.1. The lowest BCUT2D eigenvalue weighted by Crippen LogP contribution is -2.37. The number of ether oxygens (including phenoxy) is 3. The number of carbonyl (C=O) groups is 3. The molecule has 0 bridgehead atoms. The van der Waals surface area contributed by atoms with Crippen molar-refractivity contribution in [2.75, 3.05) is 13.7 Å². The second kappa shape index (κ2) is 9.87. The molecule has 7 nitrogen and oxygen atoms in total. The van der Waals surface area contributed by atoms with E-state index in [0.29, 0.717) is 31.3 Å². The average molecular weight is 394 g/mol. The van der Waals surface area contributed by atoms with Crippen molar-refractivity contribution in [3.63, 3.8) is 0 Å². The van der Waals surface area contributed by atoms with Crippen LogP contribution in [0.1, 0.15) is 46.0 Å². The third-order valence-corrected chi connectivity index (χ3v) is 5.66. The topological polar surface area (TPSA) is 99.1 Å². The minimum Gasteiger partial charge on any atom is -0.466 e. The van der Waals surface area contributed by atoms with Gasteiger partial charge in [0.15, 0.2) is 0 Å². The van der Waals surface area contributed by atoms with Gasteiger partial charge in [0, 0.05) is 24.2 Å². The molecule has 7 heteroatoms. The third kappa shape index (κ3) is 5.01. The van der Waals surface area contributed by atoms with E-state index >= 15 is 0 Å². The molecule has 0 spiro atoms. The van der Waals surface area contributed by atoms with Gasteiger partial charge in [-0.2, -0.15) is 0 Å². The van der Waals surface area contributed by atoms with Crippen molar-refractivity contribution in [3.8, 4) is 0 Å². The molecule has 0 aromatic heterocycles. The Balaban J connectivity index is 2.42. The van der Waals surface area contributed by atoms with E-state index in [0.717, 1.165) is 0 Å². The fourth-order valence-electron chi connectivity index (χ4n) is 3.68. The number of fused-ring (bicyclic) bond motifs is 1. The summed E-state index contributed by atoms with van der Waals surface area (Å²) in [6.45, 7) is 7.43. The molecule has 0 amide bonds. The molecular formula is C21H30O7. The summed E-state index contributed by atoms with van der Waals surface area (Å²) in [7, 11) is 1.29. The van der Waals surface area contributed by atoms with Crippen molar-refractivity contribution >= 4 is 17.9 Å². The highest BCUT2D eigenvalue weighted by molar-refractivity contribution is 5.91. The van der Waals surface area contributed by atoms with Gasteiger partial charge in [-0.1, -0.05) is 26.5 Å². The predicted molar refractivity (Wildman–Crippen MR) is 101 cm³/mol. The Morgan fingerprint density at radius 1 is 1.43 bits per heavy atom. The summed E-state index contributed by atoms with van der Waals surface area (Å²) in [6, 6.07) is 0. The summed E-state index contributed by atoms with van der Waals surface area (Å²) in [5.41, 5.74) is 0.613. The number of methoxy groups -OCH3 is 1. The van der Waals surface area contributed by atoms with Gasteiger partial charge in [0.05, 0.1) is 18.9 Å². The SMILES string of the molecule is C=C1C(=O)O[C@@H]2C[C@@H](CO)CC/C=C(\C(=O)OC)C[C@@H](OC(=O)[C@@H](C)CC)[C@@H]12. The number of carbonyl (C=O) groups excluding carboxylic acids is 3. The molecule has 2 aliphatic rings. The van der Waals surface area contributed by atoms with E-state index in [1.165, 1.54) is 7.11 Å². The summed E-state index contributed by atoms with van der Waals surface area (Å²) in [4.78, 5) is 36.9. The summed E-state index contributed by atoms with van der Waals surface area (Å²) in [5, 5.41) is 9.70. The van der Waals surface area contributed by atoms with E-state index in [1.54, 1.807) is 13.0 Å². The van der Waals surface area contributed by atoms with Crippen LogP contribution in [-0.2, 0) is 28.6 Å². The Kier molecular flexibility index (Phi) is 7.80. The smallest absolute Gasteiger partial charge is 0.334 e. The molecule has 0 aromatic rings. The third-order valence-electron chi connectivity index (χ3n) is 5.66. The van der Waals surface area contributed by atoms with Crippen LogP contribution < -0.4 is 0 Å². The second-order valence-electron chi connectivity index (χ2n) is 7.57. The van der Waals surface area contributed by atoms with Crippen LogP contribution in [0.25, 0.3) is 0 Å². The first-order valence-corrected chi connectivity index (χ1v) is 9.80. The fourth-order valence-corrected chi connectivity index (χ4v) is 3.68. The first-order valence-electron chi connectivity index (χ1n) is 9.80. The van der Waals surface area contributed by atoms with Gasteiger partial charge in [-0.3, -0.25) is 4.79 Å². The average Bonchev–Trinajstić information content (AvgIpc) is 2.97. The van der Waals surface area contributed by atoms with Crippen LogP contribution in [0.2, 0.25) is 0 Å². The van der Waals surface area contributed by atoms with Crippen LogP contribution in [0.4, 0.5) is 0 Å². The van der Waals surface area contributed by atoms with Gasteiger partial charge < -0.3 is 19.3 Å². The molecule has 1 saturated heterocycles. The Labute approximate surface area is 165 Å². The Bertz CT molecular complexity index is 651. The van der Waals surface area contributed by atoms with Crippen LogP contribution >= 0.6 is 0 Å². The summed E-state index contributed by atoms with van der Waals surface area (Å²) in [5.74, 6) is -2.41. The quantitative estimate of drug-likeness (QED) is 0.434. The molecule has 2 rings (SSSR count). The van der Waals surface area contributed by atoms with Gasteiger partial charge in [0.2, 0.25) is 0 Å². The standard InChI is InChI=1S/C21H30O7/c1-5-12(2)19(23)27-17-10-15(21(25)26-4)8-6-7-14(11-22)9-16-18(17)13(3)20(24)28-16/h8,12,14,16-18,22H,3,5-7,9-11H2,1-2,4H3/b15-8-/t12-,14-,16+,17+,18-/m0/s1. The minimum absolute atomic E-state index is 0.0635. The number of allylic oxidation sites excluding steroid dienone is 1. The molecule has 28 heavy (non-hydrogen) atoms. The van der Waals surface area contributed by atoms with Crippen molar-refractivity contribution in [2.24, 2.45) is 17.8 Å². The lowest BCUT2D eigenvalue weighted by atomic mass is 9.81. The molecule has 1 N–H and O–H groups in total. The van der Waals surface area contributed by atoms with Crippen LogP contribution in [0, 0.1) is 17.8 Å². The van der Waals surface area contributed by atoms with E-state index in [9.17, 15) is 19.5 Å². The number of hydrogen-bond acceptors (Lipinski definition) is 7. The number of hydrogen-bond donors (Lipinski definition) is 1. The fraction of sp³-hybridized carbons (Fsp3) is 0.667. The maximum atomic E-state index is 12.5. The van der Waals surface area contributed by atoms with Crippen LogP contribution in [0.15, 0.2) is 23.8 Å². The highest BCUT2D eigenvalue weighted by atomic mass is 16.6. The molecule has 156 valence electrons. The lowest BCUT2D eigenvalue weighted by molar-refractivity contribution is -0.158. The zero-order chi connectivity index (χ0) is 20.8. The highest BCUT2D eigenvalue weighted by Crippen LogP contribution is 2.38. The maximum Gasteiger partial charge on any atom is 0.334 e. The summed E-state index contributed by atoms with van der Waals surface area (Å²) >= 11 is 0. The van der Waals surface area contributed by atoms with Crippen molar-refractivity contribution in [1.82, 2.24) is 0 Å². The molecule has 0 saturated carbocycles. The molecule has 1 heterocycles. The monoisotopic (exact) mass is 394 g/mol. The van der Waals surface area contributed by atoms with E-state index in [-0.39, 0.29) is 30.4 Å². The largest absolute Gasteiger partial charge is 0.466 e. The molecule has 1 aliphatic carbocycles. The lowest BCUT2D eigenvalue weighted by Gasteiger charge is -2.30. The van der Waals surface area contributed by atoms with Gasteiger partial charge in [0.1, 0.15) is 12.2 Å². The molecule has 1 fully saturated rings. The first kappa shape index (κ1) is 22.1. The van der Waals surface area contributed by atoms with Crippen molar-refractivity contribution in [3.05, 3.63) is 23.8 Å². The second-order valence-corrected chi connectivity index (χ2v) is 7.57. The van der Waals surface area contributed by atoms with Gasteiger partial charge in [-0.15, -0.1) is 0 Å². The molecule has 5 atom stereocenters. The Morgan fingerprint density at radius 3 is 2.75 bits per heavy atom. The molecule has 0 unspecified atom stereocenters. The van der Waals surface area contributed by atoms with Crippen molar-refractivity contribution in [1.29, 1.82) is 0 Å². The summed E-state index contributed by atoms with van der Waals surface area (Å²) in [6.07, 6.45) is 2.83. The van der Waals surface area contributed by atoms with Gasteiger partial charge in [0.25, 0.3) is 0 Å². The molecule has 0 aromatic carbocycles. The van der Waals surface area contributed by atoms with Crippen LogP contribution in [0.3, 0.4) is 0 Å². The Hall–Kier alpha value is -2.15. The number of esters is 3. The van der Waals surface area contributed by atoms with E-state index in [1.807, 2.05) is 6.92 Å². The van der Waals surface area contributed by atoms with Crippen molar-refractivity contribution in [2.45, 2.75) is 58.2 Å². The first-order chi connectivity index (χ1) is 13.3. The van der Waals surface area contributed by atoms with Crippen LogP contribution in [0.5, 0.6) is 0 Å². The van der Waals surface area contributed by atoms with Crippen LogP contribution in [-0.4, -0.2) is 48.9 Å². The molecule has 1 aliphatic heterocycles. The van der Waals surface area contributed by atoms with Gasteiger partial charge in [-0.25, -0.2) is 9.59 Å². The maximum absolute atomic E-state index is 12.5. The highest BCUT2D eigenvalue weighted by Gasteiger charge is 2.46. The van der Waals surface area contributed by atoms with E-state index in [4.69, 9.17) is 14.2 Å². The van der Waals surface area contributed by atoms with E-state index in [2.05, 4.69) is 6.58 Å². The normalized spacial score (nSPS) is 31.1. The number of aliphatic hydroxyl groups excluding tert-OH is 1. The van der Waals surface area contributed by atoms with E-state index < -0.39 is 36.0 Å².